The third-order valence-electron chi connectivity index (χ3n) is 3.63. The van der Waals surface area contributed by atoms with E-state index in [1.807, 2.05) is 0 Å². The molecule has 2 N–H and O–H groups in total. The zero-order valence-corrected chi connectivity index (χ0v) is 11.2. The molecule has 1 aromatic heterocycles. The molecular formula is C12H17N3O5. The topological polar surface area (TPSA) is 117 Å². The highest BCUT2D eigenvalue weighted by Gasteiger charge is 2.41. The Bertz CT molecular complexity index is 489. The highest BCUT2D eigenvalue weighted by Crippen LogP contribution is 2.38. The predicted molar refractivity (Wildman–Crippen MR) is 66.2 cm³/mol. The number of rotatable bonds is 2. The molecule has 8 nitrogen and oxygen atoms in total. The largest absolute Gasteiger partial charge is 0.473 e. The lowest BCUT2D eigenvalue weighted by Crippen LogP contribution is -2.22. The molecule has 0 spiro atoms. The number of hydrogen-bond donors (Lipinski definition) is 2. The standard InChI is InChI=1S/C10H15N3O.C2H2O4/c1-2-9-11-10(14-12-9)8-6-13-4-3-7(8)5-13;3-1(4)2(5)6/h7-8H,2-6H2,1H3;(H,3,4)(H,5,6). The lowest BCUT2D eigenvalue weighted by molar-refractivity contribution is -0.159. The number of piperidine rings is 1. The van der Waals surface area contributed by atoms with Crippen molar-refractivity contribution in [3.63, 3.8) is 0 Å². The van der Waals surface area contributed by atoms with Crippen molar-refractivity contribution in [1.82, 2.24) is 15.0 Å². The number of aromatic nitrogens is 2. The highest BCUT2D eigenvalue weighted by atomic mass is 16.5. The Kier molecular flexibility index (Phi) is 4.33. The number of carboxylic acids is 2. The fraction of sp³-hybridized carbons (Fsp3) is 0.667. The van der Waals surface area contributed by atoms with Gasteiger partial charge in [0.25, 0.3) is 0 Å². The SMILES string of the molecule is CCc1noc(C2CN3CCC2C3)n1.O=C(O)C(=O)O. The second-order valence-electron chi connectivity index (χ2n) is 4.93. The van der Waals surface area contributed by atoms with Gasteiger partial charge >= 0.3 is 11.9 Å². The molecule has 0 saturated carbocycles. The summed E-state index contributed by atoms with van der Waals surface area (Å²) in [6.07, 6.45) is 2.17. The first-order valence-corrected chi connectivity index (χ1v) is 6.52. The van der Waals surface area contributed by atoms with Gasteiger partial charge in [0.1, 0.15) is 0 Å². The molecule has 2 bridgehead atoms. The summed E-state index contributed by atoms with van der Waals surface area (Å²) in [7, 11) is 0. The Morgan fingerprint density at radius 1 is 1.35 bits per heavy atom. The van der Waals surface area contributed by atoms with Gasteiger partial charge in [-0.3, -0.25) is 0 Å². The monoisotopic (exact) mass is 283 g/mol. The minimum atomic E-state index is -1.82. The van der Waals surface area contributed by atoms with Gasteiger partial charge in [-0.05, 0) is 18.9 Å². The maximum atomic E-state index is 9.10. The maximum absolute atomic E-state index is 9.10. The number of aryl methyl sites for hydroxylation is 1. The zero-order valence-electron chi connectivity index (χ0n) is 11.2. The van der Waals surface area contributed by atoms with Gasteiger partial charge < -0.3 is 19.6 Å². The molecule has 1 aromatic rings. The van der Waals surface area contributed by atoms with Crippen molar-refractivity contribution in [1.29, 1.82) is 0 Å². The second-order valence-corrected chi connectivity index (χ2v) is 4.93. The number of fused-ring (bicyclic) bond motifs is 2. The Balaban J connectivity index is 0.000000212. The summed E-state index contributed by atoms with van der Waals surface area (Å²) >= 11 is 0. The van der Waals surface area contributed by atoms with E-state index in [1.165, 1.54) is 19.5 Å². The second kappa shape index (κ2) is 6.00. The van der Waals surface area contributed by atoms with Crippen molar-refractivity contribution in [3.05, 3.63) is 11.7 Å². The Morgan fingerprint density at radius 2 is 2.05 bits per heavy atom. The van der Waals surface area contributed by atoms with Crippen molar-refractivity contribution in [2.24, 2.45) is 5.92 Å². The molecule has 2 aliphatic rings. The first-order chi connectivity index (χ1) is 9.51. The van der Waals surface area contributed by atoms with Gasteiger partial charge in [0.05, 0.1) is 5.92 Å². The third-order valence-corrected chi connectivity index (χ3v) is 3.63. The first-order valence-electron chi connectivity index (χ1n) is 6.52. The van der Waals surface area contributed by atoms with Crippen LogP contribution >= 0.6 is 0 Å². The summed E-state index contributed by atoms with van der Waals surface area (Å²) in [5, 5.41) is 18.7. The van der Waals surface area contributed by atoms with Crippen LogP contribution in [0, 0.1) is 5.92 Å². The number of carbonyl (C=O) groups is 2. The van der Waals surface area contributed by atoms with Crippen LogP contribution in [0.3, 0.4) is 0 Å². The molecule has 0 aliphatic carbocycles. The average Bonchev–Trinajstić information content (AvgIpc) is 3.14. The zero-order chi connectivity index (χ0) is 14.7. The molecule has 3 heterocycles. The molecular weight excluding hydrogens is 266 g/mol. The van der Waals surface area contributed by atoms with Crippen molar-refractivity contribution < 1.29 is 24.3 Å². The minimum absolute atomic E-state index is 0.511. The van der Waals surface area contributed by atoms with Crippen LogP contribution in [0.25, 0.3) is 0 Å². The smallest absolute Gasteiger partial charge is 0.414 e. The van der Waals surface area contributed by atoms with Gasteiger partial charge in [0, 0.05) is 19.5 Å². The number of aliphatic carboxylic acids is 2. The van der Waals surface area contributed by atoms with Crippen LogP contribution in [0.2, 0.25) is 0 Å². The van der Waals surface area contributed by atoms with Gasteiger partial charge in [-0.15, -0.1) is 0 Å². The van der Waals surface area contributed by atoms with Crippen molar-refractivity contribution >= 4 is 11.9 Å². The van der Waals surface area contributed by atoms with Crippen LogP contribution in [0.5, 0.6) is 0 Å². The van der Waals surface area contributed by atoms with Gasteiger partial charge in [0.15, 0.2) is 5.82 Å². The molecule has 3 unspecified atom stereocenters. The van der Waals surface area contributed by atoms with E-state index in [0.717, 1.165) is 30.6 Å². The Morgan fingerprint density at radius 3 is 2.45 bits per heavy atom. The highest BCUT2D eigenvalue weighted by molar-refractivity contribution is 6.27. The van der Waals surface area contributed by atoms with E-state index in [0.29, 0.717) is 5.92 Å². The third kappa shape index (κ3) is 3.13. The average molecular weight is 283 g/mol. The van der Waals surface area contributed by atoms with E-state index in [1.54, 1.807) is 0 Å². The predicted octanol–water partition coefficient (Wildman–Crippen LogP) is 0.207. The number of hydrogen-bond acceptors (Lipinski definition) is 6. The fourth-order valence-electron chi connectivity index (χ4n) is 2.63. The molecule has 3 atom stereocenters. The summed E-state index contributed by atoms with van der Waals surface area (Å²) in [5.74, 6) is -0.659. The van der Waals surface area contributed by atoms with Crippen LogP contribution in [0.15, 0.2) is 4.52 Å². The van der Waals surface area contributed by atoms with E-state index in [9.17, 15) is 0 Å². The molecule has 2 aliphatic heterocycles. The van der Waals surface area contributed by atoms with Crippen LogP contribution in [0.4, 0.5) is 0 Å². The Hall–Kier alpha value is -1.96. The van der Waals surface area contributed by atoms with Crippen LogP contribution in [0.1, 0.15) is 31.0 Å². The van der Waals surface area contributed by atoms with Crippen LogP contribution in [-0.4, -0.2) is 56.8 Å². The molecule has 110 valence electrons. The molecule has 0 radical (unpaired) electrons. The summed E-state index contributed by atoms with van der Waals surface area (Å²) in [6, 6.07) is 0. The van der Waals surface area contributed by atoms with E-state index in [-0.39, 0.29) is 0 Å². The molecule has 8 heteroatoms. The van der Waals surface area contributed by atoms with Gasteiger partial charge in [-0.25, -0.2) is 9.59 Å². The van der Waals surface area contributed by atoms with Crippen LogP contribution < -0.4 is 0 Å². The lowest BCUT2D eigenvalue weighted by atomic mass is 9.93. The van der Waals surface area contributed by atoms with Crippen molar-refractivity contribution in [2.45, 2.75) is 25.7 Å². The summed E-state index contributed by atoms with van der Waals surface area (Å²) in [6.45, 7) is 5.67. The molecule has 0 aromatic carbocycles. The number of carboxylic acid groups (broad SMARTS) is 2. The van der Waals surface area contributed by atoms with Crippen molar-refractivity contribution in [3.8, 4) is 0 Å². The van der Waals surface area contributed by atoms with E-state index < -0.39 is 11.9 Å². The molecule has 2 saturated heterocycles. The van der Waals surface area contributed by atoms with E-state index in [2.05, 4.69) is 22.0 Å². The van der Waals surface area contributed by atoms with Gasteiger partial charge in [0.2, 0.25) is 5.89 Å². The quantitative estimate of drug-likeness (QED) is 0.739. The fourth-order valence-corrected chi connectivity index (χ4v) is 2.63. The van der Waals surface area contributed by atoms with E-state index in [4.69, 9.17) is 24.3 Å². The summed E-state index contributed by atoms with van der Waals surface area (Å²) < 4.78 is 5.30. The molecule has 20 heavy (non-hydrogen) atoms. The lowest BCUT2D eigenvalue weighted by Gasteiger charge is -2.17. The van der Waals surface area contributed by atoms with Gasteiger partial charge in [-0.2, -0.15) is 4.98 Å². The van der Waals surface area contributed by atoms with Gasteiger partial charge in [-0.1, -0.05) is 12.1 Å². The maximum Gasteiger partial charge on any atom is 0.414 e. The molecule has 2 fully saturated rings. The minimum Gasteiger partial charge on any atom is -0.473 e. The molecule has 3 rings (SSSR count). The number of nitrogens with zero attached hydrogens (tertiary/aromatic N) is 3. The normalized spacial score (nSPS) is 26.9. The van der Waals surface area contributed by atoms with E-state index >= 15 is 0 Å². The summed E-state index contributed by atoms with van der Waals surface area (Å²) in [5.41, 5.74) is 0. The van der Waals surface area contributed by atoms with Crippen molar-refractivity contribution in [2.75, 3.05) is 19.6 Å². The van der Waals surface area contributed by atoms with Crippen LogP contribution in [-0.2, 0) is 16.0 Å². The summed E-state index contributed by atoms with van der Waals surface area (Å²) in [4.78, 5) is 25.1. The molecule has 0 amide bonds. The first kappa shape index (κ1) is 14.4. The Labute approximate surface area is 115 Å².